The highest BCUT2D eigenvalue weighted by Crippen LogP contribution is 2.54. The summed E-state index contributed by atoms with van der Waals surface area (Å²) in [5.41, 5.74) is 5.77. The molecular weight excluding hydrogens is 240 g/mol. The van der Waals surface area contributed by atoms with Crippen LogP contribution in [0.5, 0.6) is 0 Å². The van der Waals surface area contributed by atoms with Crippen molar-refractivity contribution >= 4 is 5.91 Å². The Hall–Kier alpha value is -0.610. The standard InChI is InChI=1S/C15H28N2O2/c1-4-19-12-9-11(15(12)7-5-6-8-15)17-13(10(2)3)14(16)18/h10-13,17H,4-9H2,1-3H3,(H2,16,18). The smallest absolute Gasteiger partial charge is 0.234 e. The van der Waals surface area contributed by atoms with Crippen molar-refractivity contribution < 1.29 is 9.53 Å². The third-order valence-electron chi connectivity index (χ3n) is 5.04. The van der Waals surface area contributed by atoms with Gasteiger partial charge < -0.3 is 15.8 Å². The molecule has 1 amide bonds. The van der Waals surface area contributed by atoms with Crippen LogP contribution in [0, 0.1) is 11.3 Å². The highest BCUT2D eigenvalue weighted by molar-refractivity contribution is 5.80. The van der Waals surface area contributed by atoms with Crippen molar-refractivity contribution in [1.29, 1.82) is 0 Å². The Balaban J connectivity index is 2.03. The first-order chi connectivity index (χ1) is 9.01. The SMILES string of the molecule is CCOC1CC(NC(C(N)=O)C(C)C)C12CCCC2. The Kier molecular flexibility index (Phi) is 4.51. The van der Waals surface area contributed by atoms with Crippen LogP contribution in [-0.2, 0) is 9.53 Å². The maximum absolute atomic E-state index is 11.6. The molecule has 0 radical (unpaired) electrons. The van der Waals surface area contributed by atoms with E-state index in [9.17, 15) is 4.79 Å². The van der Waals surface area contributed by atoms with Gasteiger partial charge in [0.1, 0.15) is 0 Å². The quantitative estimate of drug-likeness (QED) is 0.772. The molecular formula is C15H28N2O2. The van der Waals surface area contributed by atoms with Crippen molar-refractivity contribution in [2.75, 3.05) is 6.61 Å². The third-order valence-corrected chi connectivity index (χ3v) is 5.04. The monoisotopic (exact) mass is 268 g/mol. The average Bonchev–Trinajstić information content (AvgIpc) is 2.83. The predicted octanol–water partition coefficient (Wildman–Crippen LogP) is 1.82. The summed E-state index contributed by atoms with van der Waals surface area (Å²) < 4.78 is 5.89. The second-order valence-electron chi connectivity index (χ2n) is 6.46. The van der Waals surface area contributed by atoms with E-state index >= 15 is 0 Å². The molecule has 4 heteroatoms. The van der Waals surface area contributed by atoms with Crippen LogP contribution >= 0.6 is 0 Å². The van der Waals surface area contributed by atoms with Crippen molar-refractivity contribution in [3.8, 4) is 0 Å². The number of rotatable bonds is 6. The topological polar surface area (TPSA) is 64.3 Å². The average molecular weight is 268 g/mol. The second-order valence-corrected chi connectivity index (χ2v) is 6.46. The predicted molar refractivity (Wildman–Crippen MR) is 75.7 cm³/mol. The van der Waals surface area contributed by atoms with Crippen LogP contribution < -0.4 is 11.1 Å². The molecule has 0 aromatic rings. The molecule has 110 valence electrons. The van der Waals surface area contributed by atoms with Gasteiger partial charge in [-0.05, 0) is 32.1 Å². The van der Waals surface area contributed by atoms with Gasteiger partial charge in [0.05, 0.1) is 12.1 Å². The molecule has 2 rings (SSSR count). The van der Waals surface area contributed by atoms with Gasteiger partial charge in [-0.2, -0.15) is 0 Å². The van der Waals surface area contributed by atoms with Gasteiger partial charge in [0.2, 0.25) is 5.91 Å². The van der Waals surface area contributed by atoms with Gasteiger partial charge in [-0.3, -0.25) is 4.79 Å². The lowest BCUT2D eigenvalue weighted by atomic mass is 9.60. The summed E-state index contributed by atoms with van der Waals surface area (Å²) in [6, 6.07) is 0.177. The van der Waals surface area contributed by atoms with E-state index in [-0.39, 0.29) is 23.3 Å². The summed E-state index contributed by atoms with van der Waals surface area (Å²) in [7, 11) is 0. The van der Waals surface area contributed by atoms with Crippen LogP contribution in [0.25, 0.3) is 0 Å². The number of carbonyl (C=O) groups is 1. The normalized spacial score (nSPS) is 30.5. The van der Waals surface area contributed by atoms with E-state index in [0.717, 1.165) is 13.0 Å². The first kappa shape index (κ1) is 14.8. The molecule has 0 heterocycles. The Morgan fingerprint density at radius 3 is 2.53 bits per heavy atom. The molecule has 2 saturated carbocycles. The number of carbonyl (C=O) groups excluding carboxylic acids is 1. The molecule has 2 fully saturated rings. The van der Waals surface area contributed by atoms with E-state index in [1.54, 1.807) is 0 Å². The van der Waals surface area contributed by atoms with Gasteiger partial charge >= 0.3 is 0 Å². The molecule has 4 nitrogen and oxygen atoms in total. The van der Waals surface area contributed by atoms with E-state index in [1.807, 2.05) is 13.8 Å². The number of ether oxygens (including phenoxy) is 1. The zero-order valence-electron chi connectivity index (χ0n) is 12.4. The molecule has 3 unspecified atom stereocenters. The van der Waals surface area contributed by atoms with Gasteiger partial charge in [-0.25, -0.2) is 0 Å². The summed E-state index contributed by atoms with van der Waals surface area (Å²) in [5, 5.41) is 3.52. The molecule has 1 spiro atoms. The van der Waals surface area contributed by atoms with E-state index in [2.05, 4.69) is 12.2 Å². The third kappa shape index (κ3) is 2.65. The zero-order chi connectivity index (χ0) is 14.0. The lowest BCUT2D eigenvalue weighted by molar-refractivity contribution is -0.139. The molecule has 0 aromatic heterocycles. The first-order valence-corrected chi connectivity index (χ1v) is 7.68. The van der Waals surface area contributed by atoms with Gasteiger partial charge in [0, 0.05) is 18.1 Å². The van der Waals surface area contributed by atoms with Crippen LogP contribution in [0.3, 0.4) is 0 Å². The summed E-state index contributed by atoms with van der Waals surface area (Å²) in [6.45, 7) is 6.93. The molecule has 0 bridgehead atoms. The van der Waals surface area contributed by atoms with Crippen molar-refractivity contribution in [2.45, 2.75) is 71.1 Å². The van der Waals surface area contributed by atoms with E-state index < -0.39 is 0 Å². The molecule has 2 aliphatic rings. The highest BCUT2D eigenvalue weighted by Gasteiger charge is 2.57. The fraction of sp³-hybridized carbons (Fsp3) is 0.933. The maximum Gasteiger partial charge on any atom is 0.234 e. The van der Waals surface area contributed by atoms with Gasteiger partial charge in [0.25, 0.3) is 0 Å². The van der Waals surface area contributed by atoms with Gasteiger partial charge in [0.15, 0.2) is 0 Å². The molecule has 0 saturated heterocycles. The number of hydrogen-bond donors (Lipinski definition) is 2. The van der Waals surface area contributed by atoms with Gasteiger partial charge in [-0.1, -0.05) is 26.7 Å². The number of amides is 1. The summed E-state index contributed by atoms with van der Waals surface area (Å²) in [5.74, 6) is 0.00473. The summed E-state index contributed by atoms with van der Waals surface area (Å²) >= 11 is 0. The van der Waals surface area contributed by atoms with E-state index in [4.69, 9.17) is 10.5 Å². The van der Waals surface area contributed by atoms with Crippen molar-refractivity contribution in [3.05, 3.63) is 0 Å². The fourth-order valence-corrected chi connectivity index (χ4v) is 3.94. The van der Waals surface area contributed by atoms with E-state index in [0.29, 0.717) is 12.1 Å². The lowest BCUT2D eigenvalue weighted by Gasteiger charge is -2.55. The molecule has 19 heavy (non-hydrogen) atoms. The van der Waals surface area contributed by atoms with Crippen molar-refractivity contribution in [2.24, 2.45) is 17.1 Å². The molecule has 2 aliphatic carbocycles. The number of nitrogens with one attached hydrogen (secondary N) is 1. The second kappa shape index (κ2) is 5.80. The van der Waals surface area contributed by atoms with Crippen LogP contribution in [-0.4, -0.2) is 30.7 Å². The Morgan fingerprint density at radius 2 is 2.05 bits per heavy atom. The number of primary amides is 1. The largest absolute Gasteiger partial charge is 0.378 e. The zero-order valence-corrected chi connectivity index (χ0v) is 12.4. The van der Waals surface area contributed by atoms with Gasteiger partial charge in [-0.15, -0.1) is 0 Å². The van der Waals surface area contributed by atoms with Crippen LogP contribution in [0.1, 0.15) is 52.9 Å². The summed E-state index contributed by atoms with van der Waals surface area (Å²) in [4.78, 5) is 11.6. The van der Waals surface area contributed by atoms with Crippen LogP contribution in [0.4, 0.5) is 0 Å². The molecule has 3 atom stereocenters. The van der Waals surface area contributed by atoms with Crippen LogP contribution in [0.2, 0.25) is 0 Å². The lowest BCUT2D eigenvalue weighted by Crippen LogP contribution is -2.66. The fourth-order valence-electron chi connectivity index (χ4n) is 3.94. The maximum atomic E-state index is 11.6. The molecule has 0 aromatic carbocycles. The van der Waals surface area contributed by atoms with Crippen LogP contribution in [0.15, 0.2) is 0 Å². The number of nitrogens with two attached hydrogens (primary N) is 1. The Labute approximate surface area is 116 Å². The minimum Gasteiger partial charge on any atom is -0.378 e. The number of hydrogen-bond acceptors (Lipinski definition) is 3. The Bertz CT molecular complexity index is 324. The Morgan fingerprint density at radius 1 is 1.42 bits per heavy atom. The van der Waals surface area contributed by atoms with Crippen molar-refractivity contribution in [1.82, 2.24) is 5.32 Å². The summed E-state index contributed by atoms with van der Waals surface area (Å²) in [6.07, 6.45) is 6.40. The first-order valence-electron chi connectivity index (χ1n) is 7.68. The van der Waals surface area contributed by atoms with E-state index in [1.165, 1.54) is 25.7 Å². The minimum absolute atomic E-state index is 0.218. The minimum atomic E-state index is -0.233. The van der Waals surface area contributed by atoms with Crippen molar-refractivity contribution in [3.63, 3.8) is 0 Å². The highest BCUT2D eigenvalue weighted by atomic mass is 16.5. The molecule has 3 N–H and O–H groups in total. The molecule has 0 aliphatic heterocycles.